The van der Waals surface area contributed by atoms with Crippen molar-refractivity contribution >= 4 is 0 Å². The van der Waals surface area contributed by atoms with Gasteiger partial charge >= 0.3 is 0 Å². The highest BCUT2D eigenvalue weighted by atomic mass is 16.5. The minimum Gasteiger partial charge on any atom is -0.383 e. The van der Waals surface area contributed by atoms with E-state index in [9.17, 15) is 0 Å². The van der Waals surface area contributed by atoms with Crippen molar-refractivity contribution in [3.8, 4) is 0 Å². The fraction of sp³-hybridized carbons (Fsp3) is 1.00. The molecule has 0 heterocycles. The Morgan fingerprint density at radius 1 is 1.00 bits per heavy atom. The third-order valence-electron chi connectivity index (χ3n) is 3.09. The molecule has 0 saturated heterocycles. The Labute approximate surface area is 124 Å². The molecule has 0 bridgehead atoms. The average Bonchev–Trinajstić information content (AvgIpc) is 2.42. The summed E-state index contributed by atoms with van der Waals surface area (Å²) in [4.78, 5) is 2.39. The molecule has 0 spiro atoms. The van der Waals surface area contributed by atoms with Crippen LogP contribution in [-0.2, 0) is 14.2 Å². The van der Waals surface area contributed by atoms with Gasteiger partial charge in [0, 0.05) is 52.0 Å². The lowest BCUT2D eigenvalue weighted by atomic mass is 10.2. The fourth-order valence-corrected chi connectivity index (χ4v) is 1.99. The summed E-state index contributed by atoms with van der Waals surface area (Å²) in [7, 11) is 1.76. The maximum Gasteiger partial charge on any atom is 0.0630 e. The van der Waals surface area contributed by atoms with Crippen molar-refractivity contribution in [1.29, 1.82) is 0 Å². The number of nitrogens with one attached hydrogen (secondary N) is 1. The summed E-state index contributed by atoms with van der Waals surface area (Å²) in [6, 6.07) is 0.832. The summed E-state index contributed by atoms with van der Waals surface area (Å²) in [6.07, 6.45) is 0. The molecule has 20 heavy (non-hydrogen) atoms. The lowest BCUT2D eigenvalue weighted by molar-refractivity contribution is 0.0349. The summed E-state index contributed by atoms with van der Waals surface area (Å²) in [5.74, 6) is 0. The molecule has 0 aromatic rings. The predicted molar refractivity (Wildman–Crippen MR) is 83.4 cm³/mol. The normalized spacial score (nSPS) is 13.3. The molecule has 1 unspecified atom stereocenters. The van der Waals surface area contributed by atoms with Crippen LogP contribution in [0.15, 0.2) is 0 Å². The molecular weight excluding hydrogens is 256 g/mol. The van der Waals surface area contributed by atoms with Gasteiger partial charge in [0.05, 0.1) is 19.8 Å². The molecule has 122 valence electrons. The Hall–Kier alpha value is -0.200. The highest BCUT2D eigenvalue weighted by Crippen LogP contribution is 2.01. The number of hydrogen-bond donors (Lipinski definition) is 1. The topological polar surface area (TPSA) is 43.0 Å². The zero-order valence-electron chi connectivity index (χ0n) is 14.0. The highest BCUT2D eigenvalue weighted by Gasteiger charge is 2.18. The van der Waals surface area contributed by atoms with Gasteiger partial charge in [-0.15, -0.1) is 0 Å². The van der Waals surface area contributed by atoms with Gasteiger partial charge in [0.15, 0.2) is 0 Å². The molecule has 0 rings (SSSR count). The van der Waals surface area contributed by atoms with E-state index in [1.165, 1.54) is 0 Å². The van der Waals surface area contributed by atoms with Gasteiger partial charge in [-0.2, -0.15) is 0 Å². The highest BCUT2D eigenvalue weighted by molar-refractivity contribution is 4.75. The van der Waals surface area contributed by atoms with Crippen LogP contribution in [0, 0.1) is 0 Å². The van der Waals surface area contributed by atoms with Gasteiger partial charge in [-0.1, -0.05) is 13.8 Å². The molecule has 0 fully saturated rings. The molecule has 5 heteroatoms. The number of rotatable bonds is 14. The molecule has 1 atom stereocenters. The van der Waals surface area contributed by atoms with E-state index in [0.717, 1.165) is 52.7 Å². The molecule has 0 aliphatic carbocycles. The summed E-state index contributed by atoms with van der Waals surface area (Å²) in [6.45, 7) is 14.9. The zero-order chi connectivity index (χ0) is 15.2. The molecule has 0 aliphatic heterocycles. The van der Waals surface area contributed by atoms with Crippen molar-refractivity contribution in [3.63, 3.8) is 0 Å². The van der Waals surface area contributed by atoms with E-state index in [4.69, 9.17) is 14.2 Å². The van der Waals surface area contributed by atoms with Crippen LogP contribution >= 0.6 is 0 Å². The van der Waals surface area contributed by atoms with Crippen molar-refractivity contribution in [3.05, 3.63) is 0 Å². The summed E-state index contributed by atoms with van der Waals surface area (Å²) in [5.41, 5.74) is 0. The van der Waals surface area contributed by atoms with Crippen molar-refractivity contribution in [2.45, 2.75) is 39.8 Å². The van der Waals surface area contributed by atoms with E-state index in [2.05, 4.69) is 24.1 Å². The van der Waals surface area contributed by atoms with Gasteiger partial charge in [0.1, 0.15) is 0 Å². The van der Waals surface area contributed by atoms with Crippen LogP contribution in [0.5, 0.6) is 0 Å². The van der Waals surface area contributed by atoms with Gasteiger partial charge in [0.2, 0.25) is 0 Å². The Balaban J connectivity index is 4.35. The van der Waals surface area contributed by atoms with Crippen LogP contribution in [0.4, 0.5) is 0 Å². The summed E-state index contributed by atoms with van der Waals surface area (Å²) >= 11 is 0. The van der Waals surface area contributed by atoms with Crippen molar-refractivity contribution in [2.24, 2.45) is 0 Å². The maximum absolute atomic E-state index is 5.48. The molecular formula is C15H34N2O3. The van der Waals surface area contributed by atoms with E-state index in [-0.39, 0.29) is 0 Å². The summed E-state index contributed by atoms with van der Waals surface area (Å²) < 4.78 is 16.3. The van der Waals surface area contributed by atoms with Gasteiger partial charge in [-0.25, -0.2) is 0 Å². The fourth-order valence-electron chi connectivity index (χ4n) is 1.99. The van der Waals surface area contributed by atoms with Crippen LogP contribution in [0.25, 0.3) is 0 Å². The van der Waals surface area contributed by atoms with Gasteiger partial charge in [-0.3, -0.25) is 4.90 Å². The first-order valence-electron chi connectivity index (χ1n) is 7.77. The van der Waals surface area contributed by atoms with Crippen molar-refractivity contribution in [2.75, 3.05) is 59.8 Å². The van der Waals surface area contributed by atoms with E-state index >= 15 is 0 Å². The predicted octanol–water partition coefficient (Wildman–Crippen LogP) is 1.37. The van der Waals surface area contributed by atoms with E-state index in [1.807, 2.05) is 13.8 Å². The van der Waals surface area contributed by atoms with Gasteiger partial charge < -0.3 is 19.5 Å². The minimum absolute atomic E-state index is 0.350. The van der Waals surface area contributed by atoms with Crippen LogP contribution in [0.3, 0.4) is 0 Å². The quantitative estimate of drug-likeness (QED) is 0.490. The van der Waals surface area contributed by atoms with Crippen molar-refractivity contribution < 1.29 is 14.2 Å². The molecule has 0 aliphatic rings. The number of methoxy groups -OCH3 is 1. The van der Waals surface area contributed by atoms with E-state index in [0.29, 0.717) is 12.1 Å². The van der Waals surface area contributed by atoms with Crippen LogP contribution in [0.2, 0.25) is 0 Å². The average molecular weight is 290 g/mol. The molecule has 5 nitrogen and oxygen atoms in total. The second-order valence-electron chi connectivity index (χ2n) is 5.10. The molecule has 0 aromatic heterocycles. The van der Waals surface area contributed by atoms with Gasteiger partial charge in [0.25, 0.3) is 0 Å². The third kappa shape index (κ3) is 10.6. The van der Waals surface area contributed by atoms with Crippen LogP contribution in [0.1, 0.15) is 27.7 Å². The zero-order valence-corrected chi connectivity index (χ0v) is 14.0. The molecule has 0 amide bonds. The molecule has 0 aromatic carbocycles. The number of hydrogen-bond acceptors (Lipinski definition) is 5. The third-order valence-corrected chi connectivity index (χ3v) is 3.09. The van der Waals surface area contributed by atoms with E-state index in [1.54, 1.807) is 7.11 Å². The first-order chi connectivity index (χ1) is 9.65. The standard InChI is InChI=1S/C15H34N2O3/c1-6-19-10-8-17(9-11-20-7-2)15(13-18-5)12-16-14(3)4/h14-16H,6-13H2,1-5H3. The second kappa shape index (κ2) is 13.8. The van der Waals surface area contributed by atoms with Crippen molar-refractivity contribution in [1.82, 2.24) is 10.2 Å². The Morgan fingerprint density at radius 2 is 1.55 bits per heavy atom. The number of nitrogens with zero attached hydrogens (tertiary/aromatic N) is 1. The molecule has 0 saturated carbocycles. The monoisotopic (exact) mass is 290 g/mol. The molecule has 1 N–H and O–H groups in total. The second-order valence-corrected chi connectivity index (χ2v) is 5.10. The Morgan fingerprint density at radius 3 is 1.95 bits per heavy atom. The Bertz CT molecular complexity index is 194. The SMILES string of the molecule is CCOCCN(CCOCC)C(CNC(C)C)COC. The first-order valence-corrected chi connectivity index (χ1v) is 7.77. The Kier molecular flexibility index (Phi) is 13.6. The first kappa shape index (κ1) is 19.8. The van der Waals surface area contributed by atoms with Crippen LogP contribution in [-0.4, -0.2) is 76.8 Å². The molecule has 0 radical (unpaired) electrons. The summed E-state index contributed by atoms with van der Waals surface area (Å²) in [5, 5.41) is 3.49. The smallest absolute Gasteiger partial charge is 0.0630 e. The largest absolute Gasteiger partial charge is 0.383 e. The number of ether oxygens (including phenoxy) is 3. The van der Waals surface area contributed by atoms with E-state index < -0.39 is 0 Å². The van der Waals surface area contributed by atoms with Crippen LogP contribution < -0.4 is 5.32 Å². The maximum atomic E-state index is 5.48. The minimum atomic E-state index is 0.350. The lowest BCUT2D eigenvalue weighted by Crippen LogP contribution is -2.49. The van der Waals surface area contributed by atoms with Gasteiger partial charge in [-0.05, 0) is 13.8 Å². The lowest BCUT2D eigenvalue weighted by Gasteiger charge is -2.32.